The maximum absolute atomic E-state index is 6.91. The number of rotatable bonds is 5. The normalized spacial score (nSPS) is 12.1. The Balaban J connectivity index is 1.02. The highest BCUT2D eigenvalue weighted by molar-refractivity contribution is 6.25. The summed E-state index contributed by atoms with van der Waals surface area (Å²) in [5, 5.41) is 13.5. The average molecular weight is 881 g/mol. The van der Waals surface area contributed by atoms with Gasteiger partial charge in [0.1, 0.15) is 22.3 Å². The van der Waals surface area contributed by atoms with Crippen LogP contribution in [-0.2, 0) is 0 Å². The van der Waals surface area contributed by atoms with Gasteiger partial charge in [-0.3, -0.25) is 0 Å². The van der Waals surface area contributed by atoms with Gasteiger partial charge in [0.25, 0.3) is 0 Å². The van der Waals surface area contributed by atoms with Gasteiger partial charge in [-0.15, -0.1) is 0 Å². The second-order valence-corrected chi connectivity index (χ2v) is 17.9. The minimum atomic E-state index is 0.510. The van der Waals surface area contributed by atoms with Gasteiger partial charge in [0, 0.05) is 49.1 Å². The van der Waals surface area contributed by atoms with Gasteiger partial charge < -0.3 is 13.4 Å². The third kappa shape index (κ3) is 5.76. The Hall–Kier alpha value is -9.39. The Bertz CT molecular complexity index is 4620. The lowest BCUT2D eigenvalue weighted by atomic mass is 9.99. The molecular formula is C63H36N4O2. The van der Waals surface area contributed by atoms with Crippen molar-refractivity contribution in [3.05, 3.63) is 218 Å². The van der Waals surface area contributed by atoms with E-state index in [2.05, 4.69) is 174 Å². The lowest BCUT2D eigenvalue weighted by Gasteiger charge is -2.13. The first-order valence-electron chi connectivity index (χ1n) is 23.2. The van der Waals surface area contributed by atoms with Crippen molar-refractivity contribution in [2.75, 3.05) is 0 Å². The van der Waals surface area contributed by atoms with Gasteiger partial charge in [-0.1, -0.05) is 158 Å². The third-order valence-electron chi connectivity index (χ3n) is 14.0. The molecule has 0 bridgehead atoms. The molecule has 0 aliphatic carbocycles. The maximum atomic E-state index is 6.91. The molecule has 0 fully saturated rings. The summed E-state index contributed by atoms with van der Waals surface area (Å²) in [5.74, 6) is 1.61. The molecule has 11 aromatic carbocycles. The summed E-state index contributed by atoms with van der Waals surface area (Å²) in [7, 11) is 0. The molecule has 0 aliphatic heterocycles. The molecule has 0 unspecified atom stereocenters. The fourth-order valence-corrected chi connectivity index (χ4v) is 10.9. The zero-order chi connectivity index (χ0) is 45.2. The van der Waals surface area contributed by atoms with Crippen LogP contribution in [0.1, 0.15) is 0 Å². The van der Waals surface area contributed by atoms with Crippen LogP contribution in [0, 0.1) is 0 Å². The van der Waals surface area contributed by atoms with Gasteiger partial charge in [-0.05, 0) is 104 Å². The fourth-order valence-electron chi connectivity index (χ4n) is 10.9. The SMILES string of the molecule is c1ccc(-c2cccc(-c3nc(-c4cc5cc(-n6c7cc8ccccc8cc7c7c8ccccc8ccc76)ccc5c5c4oc4ccccc45)nc(-c4cccc5oc6ccccc6c45)n3)c2)cc1. The largest absolute Gasteiger partial charge is 0.456 e. The van der Waals surface area contributed by atoms with Crippen molar-refractivity contribution in [3.8, 4) is 51.0 Å². The van der Waals surface area contributed by atoms with E-state index < -0.39 is 0 Å². The summed E-state index contributed by atoms with van der Waals surface area (Å²) in [4.78, 5) is 16.1. The van der Waals surface area contributed by atoms with Gasteiger partial charge in [-0.2, -0.15) is 0 Å². The number of aromatic nitrogens is 4. The quantitative estimate of drug-likeness (QED) is 0.172. The fraction of sp³-hybridized carbons (Fsp3) is 0. The van der Waals surface area contributed by atoms with Gasteiger partial charge >= 0.3 is 0 Å². The van der Waals surface area contributed by atoms with Crippen molar-refractivity contribution in [1.29, 1.82) is 0 Å². The minimum absolute atomic E-state index is 0.510. The summed E-state index contributed by atoms with van der Waals surface area (Å²) in [5.41, 5.74) is 11.2. The van der Waals surface area contributed by atoms with Crippen LogP contribution in [0.3, 0.4) is 0 Å². The molecule has 0 saturated heterocycles. The van der Waals surface area contributed by atoms with Crippen LogP contribution in [0.5, 0.6) is 0 Å². The van der Waals surface area contributed by atoms with Gasteiger partial charge in [0.15, 0.2) is 17.5 Å². The minimum Gasteiger partial charge on any atom is -0.456 e. The highest BCUT2D eigenvalue weighted by atomic mass is 16.3. The first-order valence-corrected chi connectivity index (χ1v) is 23.2. The molecule has 0 N–H and O–H groups in total. The number of fused-ring (bicyclic) bond motifs is 14. The molecule has 15 aromatic rings. The van der Waals surface area contributed by atoms with E-state index in [-0.39, 0.29) is 0 Å². The van der Waals surface area contributed by atoms with E-state index >= 15 is 0 Å². The predicted octanol–water partition coefficient (Wildman–Crippen LogP) is 16.9. The molecule has 0 spiro atoms. The topological polar surface area (TPSA) is 69.9 Å². The van der Waals surface area contributed by atoms with E-state index in [4.69, 9.17) is 23.8 Å². The molecule has 0 aliphatic rings. The molecule has 4 heterocycles. The Morgan fingerprint density at radius 3 is 1.77 bits per heavy atom. The lowest BCUT2D eigenvalue weighted by Crippen LogP contribution is -2.01. The summed E-state index contributed by atoms with van der Waals surface area (Å²) in [6.45, 7) is 0. The number of hydrogen-bond donors (Lipinski definition) is 0. The molecule has 69 heavy (non-hydrogen) atoms. The lowest BCUT2D eigenvalue weighted by molar-refractivity contribution is 0.668. The van der Waals surface area contributed by atoms with Crippen molar-refractivity contribution in [2.45, 2.75) is 0 Å². The summed E-state index contributed by atoms with van der Waals surface area (Å²) in [6.07, 6.45) is 0. The van der Waals surface area contributed by atoms with E-state index in [0.717, 1.165) is 99.2 Å². The zero-order valence-corrected chi connectivity index (χ0v) is 36.9. The van der Waals surface area contributed by atoms with Crippen molar-refractivity contribution in [1.82, 2.24) is 19.5 Å². The highest BCUT2D eigenvalue weighted by Gasteiger charge is 2.24. The molecule has 15 rings (SSSR count). The molecule has 0 saturated carbocycles. The number of hydrogen-bond acceptors (Lipinski definition) is 5. The number of furan rings is 2. The highest BCUT2D eigenvalue weighted by Crippen LogP contribution is 2.44. The molecular weight excluding hydrogens is 845 g/mol. The number of benzene rings is 11. The molecule has 0 radical (unpaired) electrons. The van der Waals surface area contributed by atoms with E-state index in [0.29, 0.717) is 17.5 Å². The predicted molar refractivity (Wildman–Crippen MR) is 283 cm³/mol. The van der Waals surface area contributed by atoms with Crippen molar-refractivity contribution >= 4 is 98.0 Å². The molecule has 0 amide bonds. The Morgan fingerprint density at radius 1 is 0.304 bits per heavy atom. The summed E-state index contributed by atoms with van der Waals surface area (Å²) >= 11 is 0. The van der Waals surface area contributed by atoms with Crippen LogP contribution in [0.15, 0.2) is 227 Å². The third-order valence-corrected chi connectivity index (χ3v) is 14.0. The number of nitrogens with zero attached hydrogens (tertiary/aromatic N) is 4. The maximum Gasteiger partial charge on any atom is 0.167 e. The Morgan fingerprint density at radius 2 is 0.928 bits per heavy atom. The van der Waals surface area contributed by atoms with Crippen molar-refractivity contribution in [2.24, 2.45) is 0 Å². The first-order chi connectivity index (χ1) is 34.2. The van der Waals surface area contributed by atoms with Crippen molar-refractivity contribution in [3.63, 3.8) is 0 Å². The van der Waals surface area contributed by atoms with Crippen LogP contribution in [0.25, 0.3) is 149 Å². The second-order valence-electron chi connectivity index (χ2n) is 17.9. The van der Waals surface area contributed by atoms with Gasteiger partial charge in [0.2, 0.25) is 0 Å². The van der Waals surface area contributed by atoms with Crippen LogP contribution in [0.2, 0.25) is 0 Å². The second kappa shape index (κ2) is 14.6. The van der Waals surface area contributed by atoms with Gasteiger partial charge in [0.05, 0.1) is 16.6 Å². The molecule has 320 valence electrons. The number of para-hydroxylation sites is 2. The average Bonchev–Trinajstić information content (AvgIpc) is 4.10. The molecule has 4 aromatic heterocycles. The summed E-state index contributed by atoms with van der Waals surface area (Å²) in [6, 6.07) is 76.9. The Labute approximate surface area is 394 Å². The Kier molecular flexibility index (Phi) is 7.97. The van der Waals surface area contributed by atoms with Crippen LogP contribution >= 0.6 is 0 Å². The van der Waals surface area contributed by atoms with Crippen LogP contribution < -0.4 is 0 Å². The first kappa shape index (κ1) is 37.8. The van der Waals surface area contributed by atoms with Crippen molar-refractivity contribution < 1.29 is 8.83 Å². The van der Waals surface area contributed by atoms with E-state index in [9.17, 15) is 0 Å². The monoisotopic (exact) mass is 880 g/mol. The van der Waals surface area contributed by atoms with Crippen LogP contribution in [-0.4, -0.2) is 19.5 Å². The zero-order valence-electron chi connectivity index (χ0n) is 36.9. The summed E-state index contributed by atoms with van der Waals surface area (Å²) < 4.78 is 15.7. The molecule has 0 atom stereocenters. The van der Waals surface area contributed by atoms with Crippen LogP contribution in [0.4, 0.5) is 0 Å². The van der Waals surface area contributed by atoms with E-state index in [1.54, 1.807) is 0 Å². The molecule has 6 heteroatoms. The van der Waals surface area contributed by atoms with E-state index in [1.165, 1.54) is 32.3 Å². The van der Waals surface area contributed by atoms with E-state index in [1.807, 2.05) is 48.5 Å². The van der Waals surface area contributed by atoms with Gasteiger partial charge in [-0.25, -0.2) is 15.0 Å². The molecule has 6 nitrogen and oxygen atoms in total. The smallest absolute Gasteiger partial charge is 0.167 e. The standard InChI is InChI=1S/C63H36N4O2/c1-2-14-37(15-3-1)39-19-12-20-42(32-39)61-64-62(49-24-13-27-56-58(49)47-22-8-10-25-54(47)68-56)66-63(65-61)51-35-43-33-44(29-30-46(43)59-48-23-9-11-26-55(48)69-60(51)59)67-52-31-28-38-16-6-7-21-45(38)57(52)50-34-40-17-4-5-18-41(40)36-53(50)67/h1-36H.